The van der Waals surface area contributed by atoms with Gasteiger partial charge in [-0.2, -0.15) is 5.10 Å². The van der Waals surface area contributed by atoms with Crippen LogP contribution in [0.25, 0.3) is 0 Å². The van der Waals surface area contributed by atoms with E-state index in [9.17, 15) is 8.42 Å². The van der Waals surface area contributed by atoms with E-state index in [2.05, 4.69) is 9.82 Å². The molecule has 0 amide bonds. The zero-order chi connectivity index (χ0) is 19.0. The second-order valence-electron chi connectivity index (χ2n) is 8.16. The van der Waals surface area contributed by atoms with Crippen molar-refractivity contribution in [2.45, 2.75) is 64.3 Å². The largest absolute Gasteiger partial charge is 0.263 e. The lowest BCUT2D eigenvalue weighted by Gasteiger charge is -2.25. The van der Waals surface area contributed by atoms with Gasteiger partial charge in [-0.25, -0.2) is 13.1 Å². The van der Waals surface area contributed by atoms with Crippen LogP contribution in [0.5, 0.6) is 0 Å². The number of aromatic nitrogens is 2. The Balaban J connectivity index is 2.31. The van der Waals surface area contributed by atoms with E-state index >= 15 is 0 Å². The van der Waals surface area contributed by atoms with Crippen molar-refractivity contribution in [1.29, 1.82) is 0 Å². The minimum absolute atomic E-state index is 0.272. The number of nitrogens with one attached hydrogen (secondary N) is 1. The molecule has 5 nitrogen and oxygen atoms in total. The van der Waals surface area contributed by atoms with Gasteiger partial charge < -0.3 is 0 Å². The van der Waals surface area contributed by atoms with E-state index in [1.54, 1.807) is 11.6 Å². The van der Waals surface area contributed by atoms with Crippen molar-refractivity contribution in [3.05, 3.63) is 47.3 Å². The van der Waals surface area contributed by atoms with Gasteiger partial charge in [0.1, 0.15) is 4.90 Å². The summed E-state index contributed by atoms with van der Waals surface area (Å²) in [7, 11) is -3.64. The van der Waals surface area contributed by atoms with Gasteiger partial charge in [0.15, 0.2) is 0 Å². The highest BCUT2D eigenvalue weighted by molar-refractivity contribution is 7.89. The first-order valence-corrected chi connectivity index (χ1v) is 9.96. The zero-order valence-electron chi connectivity index (χ0n) is 16.2. The Labute approximate surface area is 151 Å². The first-order chi connectivity index (χ1) is 11.4. The van der Waals surface area contributed by atoms with Gasteiger partial charge in [0.25, 0.3) is 0 Å². The van der Waals surface area contributed by atoms with Crippen LogP contribution in [0.1, 0.15) is 51.6 Å². The highest BCUT2D eigenvalue weighted by Crippen LogP contribution is 2.26. The summed E-state index contributed by atoms with van der Waals surface area (Å²) in [6.07, 6.45) is 0. The van der Waals surface area contributed by atoms with Gasteiger partial charge in [0.2, 0.25) is 10.0 Å². The molecule has 0 unspecified atom stereocenters. The van der Waals surface area contributed by atoms with Crippen molar-refractivity contribution in [3.8, 4) is 0 Å². The van der Waals surface area contributed by atoms with E-state index in [0.717, 1.165) is 5.56 Å². The van der Waals surface area contributed by atoms with E-state index < -0.39 is 10.0 Å². The fraction of sp³-hybridized carbons (Fsp3) is 0.526. The van der Waals surface area contributed by atoms with Crippen molar-refractivity contribution in [3.63, 3.8) is 0 Å². The third-order valence-electron chi connectivity index (χ3n) is 4.39. The number of hydrogen-bond donors (Lipinski definition) is 1. The molecule has 6 heteroatoms. The summed E-state index contributed by atoms with van der Waals surface area (Å²) in [6, 6.07) is 9.92. The standard InChI is InChI=1S/C19H29N3O2S/c1-14-17(15(2)22(21-14)18(3,4)5)25(23,24)20-13-19(6,7)16-11-9-8-10-12-16/h8-12,20H,13H2,1-7H3. The minimum Gasteiger partial charge on any atom is -0.263 e. The molecule has 0 saturated heterocycles. The first-order valence-electron chi connectivity index (χ1n) is 8.48. The monoisotopic (exact) mass is 363 g/mol. The highest BCUT2D eigenvalue weighted by atomic mass is 32.2. The van der Waals surface area contributed by atoms with Crippen LogP contribution in [-0.4, -0.2) is 24.7 Å². The predicted octanol–water partition coefficient (Wildman–Crippen LogP) is 3.51. The van der Waals surface area contributed by atoms with Gasteiger partial charge in [-0.15, -0.1) is 0 Å². The molecule has 1 aromatic carbocycles. The molecular formula is C19H29N3O2S. The van der Waals surface area contributed by atoms with E-state index in [0.29, 0.717) is 17.9 Å². The van der Waals surface area contributed by atoms with Crippen molar-refractivity contribution in [2.75, 3.05) is 6.54 Å². The predicted molar refractivity (Wildman–Crippen MR) is 101 cm³/mol. The summed E-state index contributed by atoms with van der Waals surface area (Å²) < 4.78 is 30.4. The quantitative estimate of drug-likeness (QED) is 0.884. The molecular weight excluding hydrogens is 334 g/mol. The molecule has 0 radical (unpaired) electrons. The van der Waals surface area contributed by atoms with Crippen molar-refractivity contribution in [2.24, 2.45) is 0 Å². The molecule has 2 rings (SSSR count). The van der Waals surface area contributed by atoms with Crippen LogP contribution in [0.15, 0.2) is 35.2 Å². The maximum atomic E-state index is 12.9. The summed E-state index contributed by atoms with van der Waals surface area (Å²) in [5, 5.41) is 4.45. The summed E-state index contributed by atoms with van der Waals surface area (Å²) in [4.78, 5) is 0.284. The maximum Gasteiger partial charge on any atom is 0.244 e. The van der Waals surface area contributed by atoms with E-state index in [-0.39, 0.29) is 15.8 Å². The molecule has 1 heterocycles. The van der Waals surface area contributed by atoms with Gasteiger partial charge in [-0.3, -0.25) is 4.68 Å². The van der Waals surface area contributed by atoms with Crippen molar-refractivity contribution in [1.82, 2.24) is 14.5 Å². The average Bonchev–Trinajstić information content (AvgIpc) is 2.82. The summed E-state index contributed by atoms with van der Waals surface area (Å²) in [5.41, 5.74) is 1.70. The fourth-order valence-corrected chi connectivity index (χ4v) is 4.61. The van der Waals surface area contributed by atoms with Crippen LogP contribution in [0.2, 0.25) is 0 Å². The molecule has 0 spiro atoms. The number of benzene rings is 1. The number of rotatable bonds is 5. The molecule has 0 aliphatic heterocycles. The summed E-state index contributed by atoms with van der Waals surface area (Å²) >= 11 is 0. The number of sulfonamides is 1. The molecule has 25 heavy (non-hydrogen) atoms. The second-order valence-corrected chi connectivity index (χ2v) is 9.86. The third kappa shape index (κ3) is 4.12. The summed E-state index contributed by atoms with van der Waals surface area (Å²) in [5.74, 6) is 0. The SMILES string of the molecule is Cc1nn(C(C)(C)C)c(C)c1S(=O)(=O)NCC(C)(C)c1ccccc1. The Kier molecular flexibility index (Phi) is 5.17. The van der Waals surface area contributed by atoms with Crippen molar-refractivity contribution >= 4 is 10.0 Å². The Bertz CT molecular complexity index is 845. The molecule has 0 aliphatic rings. The fourth-order valence-electron chi connectivity index (χ4n) is 3.01. The third-order valence-corrected chi connectivity index (χ3v) is 6.04. The number of aryl methyl sites for hydroxylation is 1. The Morgan fingerprint density at radius 3 is 2.08 bits per heavy atom. The van der Waals surface area contributed by atoms with Gasteiger partial charge in [-0.1, -0.05) is 44.2 Å². The molecule has 0 bridgehead atoms. The topological polar surface area (TPSA) is 64.0 Å². The molecule has 0 atom stereocenters. The van der Waals surface area contributed by atoms with Crippen LogP contribution >= 0.6 is 0 Å². The zero-order valence-corrected chi connectivity index (χ0v) is 17.0. The van der Waals surface area contributed by atoms with Crippen molar-refractivity contribution < 1.29 is 8.42 Å². The van der Waals surface area contributed by atoms with E-state index in [1.165, 1.54) is 0 Å². The van der Waals surface area contributed by atoms with Gasteiger partial charge >= 0.3 is 0 Å². The second kappa shape index (κ2) is 6.57. The van der Waals surface area contributed by atoms with Crippen LogP contribution < -0.4 is 4.72 Å². The summed E-state index contributed by atoms with van der Waals surface area (Å²) in [6.45, 7) is 14.0. The van der Waals surface area contributed by atoms with Crippen LogP contribution in [-0.2, 0) is 21.0 Å². The smallest absolute Gasteiger partial charge is 0.244 e. The Morgan fingerprint density at radius 1 is 1.04 bits per heavy atom. The number of hydrogen-bond acceptors (Lipinski definition) is 3. The number of nitrogens with zero attached hydrogens (tertiary/aromatic N) is 2. The molecule has 0 aliphatic carbocycles. The lowest BCUT2D eigenvalue weighted by Crippen LogP contribution is -2.37. The molecule has 1 aromatic heterocycles. The van der Waals surface area contributed by atoms with E-state index in [1.807, 2.05) is 71.9 Å². The minimum atomic E-state index is -3.64. The lowest BCUT2D eigenvalue weighted by atomic mass is 9.85. The van der Waals surface area contributed by atoms with Crippen LogP contribution in [0.4, 0.5) is 0 Å². The Morgan fingerprint density at radius 2 is 1.60 bits per heavy atom. The molecule has 1 N–H and O–H groups in total. The van der Waals surface area contributed by atoms with Gasteiger partial charge in [-0.05, 0) is 40.2 Å². The van der Waals surface area contributed by atoms with Gasteiger partial charge in [0, 0.05) is 12.0 Å². The normalized spacial score (nSPS) is 13.2. The Hall–Kier alpha value is -1.66. The molecule has 0 fully saturated rings. The first kappa shape index (κ1) is 19.7. The molecule has 2 aromatic rings. The van der Waals surface area contributed by atoms with Crippen LogP contribution in [0.3, 0.4) is 0 Å². The highest BCUT2D eigenvalue weighted by Gasteiger charge is 2.30. The average molecular weight is 364 g/mol. The maximum absolute atomic E-state index is 12.9. The van der Waals surface area contributed by atoms with Gasteiger partial charge in [0.05, 0.1) is 16.9 Å². The molecule has 138 valence electrons. The lowest BCUT2D eigenvalue weighted by molar-refractivity contribution is 0.345. The van der Waals surface area contributed by atoms with E-state index in [4.69, 9.17) is 0 Å². The van der Waals surface area contributed by atoms with Crippen LogP contribution in [0, 0.1) is 13.8 Å². The molecule has 0 saturated carbocycles.